The largest absolute Gasteiger partial charge is 0.478 e. The zero-order valence-corrected chi connectivity index (χ0v) is 12.7. The van der Waals surface area contributed by atoms with E-state index >= 15 is 0 Å². The van der Waals surface area contributed by atoms with Crippen LogP contribution in [0.5, 0.6) is 0 Å². The first-order valence-electron chi connectivity index (χ1n) is 8.06. The lowest BCUT2D eigenvalue weighted by atomic mass is 9.55. The van der Waals surface area contributed by atoms with Gasteiger partial charge in [0, 0.05) is 11.0 Å². The quantitative estimate of drug-likeness (QED) is 0.891. The van der Waals surface area contributed by atoms with Crippen molar-refractivity contribution in [2.75, 3.05) is 0 Å². The normalized spacial score (nSPS) is 32.3. The molecule has 0 spiro atoms. The Morgan fingerprint density at radius 3 is 3.05 bits per heavy atom. The molecule has 21 heavy (non-hydrogen) atoms. The summed E-state index contributed by atoms with van der Waals surface area (Å²) < 4.78 is 5.14. The number of aryl methyl sites for hydroxylation is 1. The van der Waals surface area contributed by atoms with Crippen LogP contribution in [0.25, 0.3) is 0 Å². The second kappa shape index (κ2) is 5.70. The van der Waals surface area contributed by atoms with Crippen LogP contribution in [0.2, 0.25) is 0 Å². The number of carboxylic acid groups (broad SMARTS) is 1. The Hall–Kier alpha value is -1.51. The fourth-order valence-corrected chi connectivity index (χ4v) is 4.63. The molecule has 3 atom stereocenters. The minimum atomic E-state index is -0.710. The first-order valence-corrected chi connectivity index (χ1v) is 8.06. The smallest absolute Gasteiger partial charge is 0.331 e. The standard InChI is InChI=1S/C18H24O3/c1-18-10-3-4-14(8-7-13-9-11-21-12-13)15(18)5-2-6-16(18)17(19)20/h6,9,11-12,14-15H,2-5,7-8,10H2,1H3,(H,19,20)/t14-,15-,18-/m1/s1. The molecule has 0 radical (unpaired) electrons. The van der Waals surface area contributed by atoms with E-state index in [1.165, 1.54) is 12.0 Å². The molecule has 1 N–H and O–H groups in total. The van der Waals surface area contributed by atoms with Crippen LogP contribution in [-0.4, -0.2) is 11.1 Å². The highest BCUT2D eigenvalue weighted by Gasteiger charge is 2.47. The minimum absolute atomic E-state index is 0.122. The molecule has 1 heterocycles. The maximum absolute atomic E-state index is 11.6. The maximum atomic E-state index is 11.6. The summed E-state index contributed by atoms with van der Waals surface area (Å²) in [4.78, 5) is 11.6. The van der Waals surface area contributed by atoms with E-state index in [4.69, 9.17) is 4.42 Å². The molecule has 0 bridgehead atoms. The number of aliphatic carboxylic acids is 1. The van der Waals surface area contributed by atoms with Crippen LogP contribution in [0.1, 0.15) is 51.0 Å². The SMILES string of the molecule is C[C@@]12CCC[C@H](CCc3ccoc3)[C@H]1CCC=C2C(=O)O. The van der Waals surface area contributed by atoms with Gasteiger partial charge in [-0.25, -0.2) is 4.79 Å². The summed E-state index contributed by atoms with van der Waals surface area (Å²) in [6.07, 6.45) is 13.2. The highest BCUT2D eigenvalue weighted by atomic mass is 16.4. The van der Waals surface area contributed by atoms with Crippen molar-refractivity contribution in [3.05, 3.63) is 35.8 Å². The molecule has 3 heteroatoms. The summed E-state index contributed by atoms with van der Waals surface area (Å²) in [6, 6.07) is 2.03. The predicted octanol–water partition coefficient (Wildman–Crippen LogP) is 4.44. The molecular formula is C18H24O3. The summed E-state index contributed by atoms with van der Waals surface area (Å²) in [5.74, 6) is 0.452. The maximum Gasteiger partial charge on any atom is 0.331 e. The molecule has 1 saturated carbocycles. The number of carboxylic acids is 1. The van der Waals surface area contributed by atoms with E-state index in [0.717, 1.165) is 38.5 Å². The van der Waals surface area contributed by atoms with Crippen molar-refractivity contribution < 1.29 is 14.3 Å². The van der Waals surface area contributed by atoms with Crippen LogP contribution in [0.3, 0.4) is 0 Å². The summed E-state index contributed by atoms with van der Waals surface area (Å²) in [5, 5.41) is 9.53. The highest BCUT2D eigenvalue weighted by molar-refractivity contribution is 5.88. The average molecular weight is 288 g/mol. The Morgan fingerprint density at radius 1 is 1.48 bits per heavy atom. The van der Waals surface area contributed by atoms with Gasteiger partial charge < -0.3 is 9.52 Å². The average Bonchev–Trinajstić information content (AvgIpc) is 2.96. The molecule has 2 aliphatic carbocycles. The van der Waals surface area contributed by atoms with Crippen molar-refractivity contribution in [3.8, 4) is 0 Å². The zero-order chi connectivity index (χ0) is 14.9. The predicted molar refractivity (Wildman–Crippen MR) is 80.9 cm³/mol. The van der Waals surface area contributed by atoms with Gasteiger partial charge >= 0.3 is 5.97 Å². The van der Waals surface area contributed by atoms with E-state index in [1.54, 1.807) is 6.26 Å². The Labute approximate surface area is 126 Å². The lowest BCUT2D eigenvalue weighted by Crippen LogP contribution is -2.42. The van der Waals surface area contributed by atoms with E-state index in [0.29, 0.717) is 17.4 Å². The Morgan fingerprint density at radius 2 is 2.33 bits per heavy atom. The first kappa shape index (κ1) is 14.4. The van der Waals surface area contributed by atoms with E-state index in [1.807, 2.05) is 18.4 Å². The first-order chi connectivity index (χ1) is 10.1. The van der Waals surface area contributed by atoms with Gasteiger partial charge in [0.1, 0.15) is 0 Å². The number of hydrogen-bond donors (Lipinski definition) is 1. The fraction of sp³-hybridized carbons (Fsp3) is 0.611. The third-order valence-electron chi connectivity index (χ3n) is 5.71. The highest BCUT2D eigenvalue weighted by Crippen LogP contribution is 2.54. The third-order valence-corrected chi connectivity index (χ3v) is 5.71. The molecule has 3 rings (SSSR count). The molecule has 2 aliphatic rings. The molecule has 3 nitrogen and oxygen atoms in total. The summed E-state index contributed by atoms with van der Waals surface area (Å²) in [5.41, 5.74) is 1.81. The van der Waals surface area contributed by atoms with Gasteiger partial charge in [0.15, 0.2) is 0 Å². The molecule has 1 aromatic heterocycles. The van der Waals surface area contributed by atoms with Gasteiger partial charge in [0.25, 0.3) is 0 Å². The molecule has 0 unspecified atom stereocenters. The van der Waals surface area contributed by atoms with Gasteiger partial charge in [-0.3, -0.25) is 0 Å². The third kappa shape index (κ3) is 2.66. The van der Waals surface area contributed by atoms with Crippen molar-refractivity contribution in [2.45, 2.75) is 51.9 Å². The second-order valence-electron chi connectivity index (χ2n) is 6.85. The fourth-order valence-electron chi connectivity index (χ4n) is 4.63. The lowest BCUT2D eigenvalue weighted by molar-refractivity contribution is -0.135. The lowest BCUT2D eigenvalue weighted by Gasteiger charge is -2.49. The van der Waals surface area contributed by atoms with Crippen LogP contribution in [0.15, 0.2) is 34.7 Å². The van der Waals surface area contributed by atoms with Gasteiger partial charge in [-0.05, 0) is 55.6 Å². The van der Waals surface area contributed by atoms with Gasteiger partial charge in [0.05, 0.1) is 12.5 Å². The number of fused-ring (bicyclic) bond motifs is 1. The van der Waals surface area contributed by atoms with Gasteiger partial charge in [-0.15, -0.1) is 0 Å². The summed E-state index contributed by atoms with van der Waals surface area (Å²) in [7, 11) is 0. The van der Waals surface area contributed by atoms with Crippen molar-refractivity contribution in [2.24, 2.45) is 17.3 Å². The summed E-state index contributed by atoms with van der Waals surface area (Å²) >= 11 is 0. The van der Waals surface area contributed by atoms with Crippen LogP contribution >= 0.6 is 0 Å². The van der Waals surface area contributed by atoms with Crippen molar-refractivity contribution in [1.82, 2.24) is 0 Å². The van der Waals surface area contributed by atoms with Crippen molar-refractivity contribution in [3.63, 3.8) is 0 Å². The number of furan rings is 1. The number of carbonyl (C=O) groups is 1. The summed E-state index contributed by atoms with van der Waals surface area (Å²) in [6.45, 7) is 2.18. The molecule has 0 aliphatic heterocycles. The van der Waals surface area contributed by atoms with Crippen LogP contribution < -0.4 is 0 Å². The number of rotatable bonds is 4. The monoisotopic (exact) mass is 288 g/mol. The molecule has 1 fully saturated rings. The Kier molecular flexibility index (Phi) is 3.92. The van der Waals surface area contributed by atoms with Crippen LogP contribution in [0.4, 0.5) is 0 Å². The molecule has 114 valence electrons. The zero-order valence-electron chi connectivity index (χ0n) is 12.7. The van der Waals surface area contributed by atoms with Crippen LogP contribution in [0, 0.1) is 17.3 Å². The minimum Gasteiger partial charge on any atom is -0.478 e. The Bertz CT molecular complexity index is 529. The number of hydrogen-bond acceptors (Lipinski definition) is 2. The molecule has 0 aromatic carbocycles. The molecule has 0 saturated heterocycles. The van der Waals surface area contributed by atoms with Crippen LogP contribution in [-0.2, 0) is 11.2 Å². The molecule has 1 aromatic rings. The topological polar surface area (TPSA) is 50.4 Å². The van der Waals surface area contributed by atoms with Gasteiger partial charge in [-0.2, -0.15) is 0 Å². The van der Waals surface area contributed by atoms with E-state index in [9.17, 15) is 9.90 Å². The second-order valence-corrected chi connectivity index (χ2v) is 6.85. The number of allylic oxidation sites excluding steroid dienone is 1. The van der Waals surface area contributed by atoms with E-state index in [-0.39, 0.29) is 5.41 Å². The molecular weight excluding hydrogens is 264 g/mol. The van der Waals surface area contributed by atoms with E-state index in [2.05, 4.69) is 6.92 Å². The van der Waals surface area contributed by atoms with Gasteiger partial charge in [0.2, 0.25) is 0 Å². The van der Waals surface area contributed by atoms with Gasteiger partial charge in [-0.1, -0.05) is 25.8 Å². The Balaban J connectivity index is 1.75. The van der Waals surface area contributed by atoms with Crippen molar-refractivity contribution in [1.29, 1.82) is 0 Å². The van der Waals surface area contributed by atoms with Crippen molar-refractivity contribution >= 4 is 5.97 Å². The van der Waals surface area contributed by atoms with E-state index < -0.39 is 5.97 Å². The molecule has 0 amide bonds.